The van der Waals surface area contributed by atoms with Crippen LogP contribution in [0.25, 0.3) is 21.5 Å². The van der Waals surface area contributed by atoms with Crippen molar-refractivity contribution in [2.45, 2.75) is 6.92 Å². The number of benzene rings is 2. The summed E-state index contributed by atoms with van der Waals surface area (Å²) < 4.78 is 2.02. The molecule has 0 bridgehead atoms. The fourth-order valence-electron chi connectivity index (χ4n) is 2.68. The van der Waals surface area contributed by atoms with Crippen LogP contribution in [0.4, 0.5) is 5.69 Å². The lowest BCUT2D eigenvalue weighted by molar-refractivity contribution is -0.670. The number of anilines is 1. The van der Waals surface area contributed by atoms with E-state index in [2.05, 4.69) is 54.5 Å². The Balaban J connectivity index is 0.000000232. The Morgan fingerprint density at radius 3 is 2.32 bits per heavy atom. The number of rotatable bonds is 0. The third-order valence-corrected chi connectivity index (χ3v) is 3.92. The maximum atomic E-state index is 5.80. The van der Waals surface area contributed by atoms with Crippen LogP contribution in [0.1, 0.15) is 5.69 Å². The first kappa shape index (κ1) is 21.6. The molecule has 130 valence electrons. The second-order valence-corrected chi connectivity index (χ2v) is 5.65. The minimum atomic E-state index is 0. The number of H-pyrrole nitrogens is 1. The van der Waals surface area contributed by atoms with E-state index < -0.39 is 0 Å². The van der Waals surface area contributed by atoms with Gasteiger partial charge in [-0.1, -0.05) is 24.3 Å². The number of hydrogen-bond acceptors (Lipinski definition) is 1. The fourth-order valence-corrected chi connectivity index (χ4v) is 2.68. The van der Waals surface area contributed by atoms with Crippen LogP contribution in [0, 0.1) is 6.92 Å². The number of nitrogens with two attached hydrogens (primary N) is 1. The summed E-state index contributed by atoms with van der Waals surface area (Å²) in [4.78, 5) is 3.17. The molecule has 0 saturated heterocycles. The van der Waals surface area contributed by atoms with Crippen LogP contribution in [0.5, 0.6) is 0 Å². The van der Waals surface area contributed by atoms with Gasteiger partial charge in [-0.2, -0.15) is 0 Å². The van der Waals surface area contributed by atoms with Crippen molar-refractivity contribution in [2.24, 2.45) is 7.05 Å². The average molecular weight is 557 g/mol. The van der Waals surface area contributed by atoms with Gasteiger partial charge in [0.25, 0.3) is 0 Å². The number of aromatic amines is 1. The lowest BCUT2D eigenvalue weighted by Crippen LogP contribution is -3.00. The molecule has 25 heavy (non-hydrogen) atoms. The summed E-state index contributed by atoms with van der Waals surface area (Å²) >= 11 is 0. The third kappa shape index (κ3) is 5.24. The monoisotopic (exact) mass is 557 g/mol. The average Bonchev–Trinajstić information content (AvgIpc) is 2.56. The molecular formula is C20H21I2N3. The van der Waals surface area contributed by atoms with Crippen LogP contribution in [0.15, 0.2) is 73.2 Å². The molecule has 0 amide bonds. The Labute approximate surface area is 182 Å². The van der Waals surface area contributed by atoms with E-state index >= 15 is 0 Å². The molecule has 0 atom stereocenters. The molecule has 3 N–H and O–H groups in total. The number of hydrogen-bond donors (Lipinski definition) is 1. The predicted octanol–water partition coefficient (Wildman–Crippen LogP) is -2.78. The number of nitrogens with one attached hydrogen (secondary N) is 1. The van der Waals surface area contributed by atoms with Gasteiger partial charge in [-0.25, -0.2) is 9.55 Å². The highest BCUT2D eigenvalue weighted by Crippen LogP contribution is 2.17. The molecule has 2 heterocycles. The number of aromatic nitrogens is 2. The highest BCUT2D eigenvalue weighted by molar-refractivity contribution is 5.91. The molecule has 0 aliphatic rings. The van der Waals surface area contributed by atoms with E-state index in [0.29, 0.717) is 0 Å². The number of fused-ring (bicyclic) bond motifs is 2. The second-order valence-electron chi connectivity index (χ2n) is 5.65. The summed E-state index contributed by atoms with van der Waals surface area (Å²) in [6, 6.07) is 18.4. The molecule has 0 spiro atoms. The number of halogens is 2. The molecule has 5 heteroatoms. The van der Waals surface area contributed by atoms with Crippen LogP contribution in [-0.4, -0.2) is 0 Å². The molecule has 3 nitrogen and oxygen atoms in total. The quantitative estimate of drug-likeness (QED) is 0.142. The van der Waals surface area contributed by atoms with Crippen LogP contribution in [0.3, 0.4) is 0 Å². The zero-order valence-electron chi connectivity index (χ0n) is 14.2. The summed E-state index contributed by atoms with van der Waals surface area (Å²) in [5.74, 6) is 0. The van der Waals surface area contributed by atoms with Crippen molar-refractivity contribution in [1.82, 2.24) is 0 Å². The van der Waals surface area contributed by atoms with Gasteiger partial charge in [0.1, 0.15) is 7.05 Å². The SMILES string of the molecule is C[n+]1ccc2c(N)cccc2c1.Cc1[nH+]ccc2ccccc12.[I-].[I-]. The van der Waals surface area contributed by atoms with Crippen molar-refractivity contribution in [3.63, 3.8) is 0 Å². The fraction of sp³-hybridized carbons (Fsp3) is 0.100. The van der Waals surface area contributed by atoms with Gasteiger partial charge in [-0.05, 0) is 23.6 Å². The highest BCUT2D eigenvalue weighted by atomic mass is 127. The van der Waals surface area contributed by atoms with E-state index in [0.717, 1.165) is 11.1 Å². The van der Waals surface area contributed by atoms with Crippen LogP contribution < -0.4 is 63.2 Å². The maximum absolute atomic E-state index is 5.80. The van der Waals surface area contributed by atoms with E-state index in [1.807, 2.05) is 42.2 Å². The molecule has 4 rings (SSSR count). The Morgan fingerprint density at radius 1 is 0.840 bits per heavy atom. The van der Waals surface area contributed by atoms with Crippen LogP contribution in [0.2, 0.25) is 0 Å². The zero-order valence-corrected chi connectivity index (χ0v) is 18.5. The number of nitrogen functional groups attached to an aromatic ring is 1. The molecule has 4 aromatic rings. The van der Waals surface area contributed by atoms with Gasteiger partial charge in [0.15, 0.2) is 24.3 Å². The number of nitrogens with zero attached hydrogens (tertiary/aromatic N) is 1. The standard InChI is InChI=1S/C10H11N2.C10H9N.2HI/c1-12-6-5-9-8(7-12)3-2-4-10(9)11;1-8-10-5-3-2-4-9(10)6-7-11-8;;/h2-7H,11H2,1H3;2-7H,1H3;2*1H/q+1;;;/p-1. The smallest absolute Gasteiger partial charge is 0.184 e. The van der Waals surface area contributed by atoms with E-state index in [4.69, 9.17) is 5.73 Å². The second kappa shape index (κ2) is 9.86. The molecule has 0 unspecified atom stereocenters. The first-order valence-corrected chi connectivity index (χ1v) is 7.65. The first-order chi connectivity index (χ1) is 11.1. The van der Waals surface area contributed by atoms with Gasteiger partial charge < -0.3 is 53.7 Å². The lowest BCUT2D eigenvalue weighted by Gasteiger charge is -1.98. The van der Waals surface area contributed by atoms with Gasteiger partial charge in [0, 0.05) is 40.9 Å². The molecular weight excluding hydrogens is 536 g/mol. The molecule has 2 aromatic carbocycles. The number of aryl methyl sites for hydroxylation is 2. The van der Waals surface area contributed by atoms with E-state index in [1.165, 1.54) is 21.9 Å². The van der Waals surface area contributed by atoms with E-state index in [9.17, 15) is 0 Å². The summed E-state index contributed by atoms with van der Waals surface area (Å²) in [7, 11) is 2.00. The maximum Gasteiger partial charge on any atom is 0.184 e. The van der Waals surface area contributed by atoms with Crippen molar-refractivity contribution < 1.29 is 57.5 Å². The van der Waals surface area contributed by atoms with Gasteiger partial charge >= 0.3 is 0 Å². The number of pyridine rings is 2. The summed E-state index contributed by atoms with van der Waals surface area (Å²) in [5, 5.41) is 4.90. The lowest BCUT2D eigenvalue weighted by atomic mass is 10.1. The van der Waals surface area contributed by atoms with E-state index in [1.54, 1.807) is 0 Å². The summed E-state index contributed by atoms with van der Waals surface area (Å²) in [6.45, 7) is 2.09. The Kier molecular flexibility index (Phi) is 8.51. The van der Waals surface area contributed by atoms with Crippen molar-refractivity contribution in [3.8, 4) is 0 Å². The molecule has 0 fully saturated rings. The summed E-state index contributed by atoms with van der Waals surface area (Å²) in [6.07, 6.45) is 6.03. The molecule has 2 aromatic heterocycles. The van der Waals surface area contributed by atoms with Gasteiger partial charge in [0.2, 0.25) is 0 Å². The Bertz CT molecular complexity index is 966. The molecule has 0 saturated carbocycles. The van der Waals surface area contributed by atoms with E-state index in [-0.39, 0.29) is 48.0 Å². The minimum absolute atomic E-state index is 0. The normalized spacial score (nSPS) is 9.52. The predicted molar refractivity (Wildman–Crippen MR) is 94.8 cm³/mol. The van der Waals surface area contributed by atoms with Crippen molar-refractivity contribution in [2.75, 3.05) is 5.73 Å². The van der Waals surface area contributed by atoms with Gasteiger partial charge in [-0.15, -0.1) is 0 Å². The molecule has 0 aliphatic heterocycles. The highest BCUT2D eigenvalue weighted by Gasteiger charge is 2.00. The van der Waals surface area contributed by atoms with Crippen molar-refractivity contribution >= 4 is 27.2 Å². The summed E-state index contributed by atoms with van der Waals surface area (Å²) in [5.41, 5.74) is 7.86. The molecule has 0 aliphatic carbocycles. The zero-order chi connectivity index (χ0) is 16.2. The minimum Gasteiger partial charge on any atom is -1.00 e. The van der Waals surface area contributed by atoms with Crippen molar-refractivity contribution in [3.05, 3.63) is 78.9 Å². The van der Waals surface area contributed by atoms with Crippen LogP contribution >= 0.6 is 0 Å². The van der Waals surface area contributed by atoms with Crippen LogP contribution in [-0.2, 0) is 7.05 Å². The third-order valence-electron chi connectivity index (χ3n) is 3.92. The Hall–Kier alpha value is -1.48. The van der Waals surface area contributed by atoms with Gasteiger partial charge in [0.05, 0.1) is 0 Å². The largest absolute Gasteiger partial charge is 1.00 e. The first-order valence-electron chi connectivity index (χ1n) is 7.65. The van der Waals surface area contributed by atoms with Gasteiger partial charge in [-0.3, -0.25) is 0 Å². The topological polar surface area (TPSA) is 44.0 Å². The Morgan fingerprint density at radius 2 is 1.56 bits per heavy atom. The molecule has 0 radical (unpaired) electrons. The van der Waals surface area contributed by atoms with Crippen molar-refractivity contribution in [1.29, 1.82) is 0 Å².